The monoisotopic (exact) mass is 228 g/mol. The SMILES string of the molecule is CCOc1ccccc1-c1ncc(N)cc1C. The zero-order valence-electron chi connectivity index (χ0n) is 10.1. The number of nitrogens with zero attached hydrogens (tertiary/aromatic N) is 1. The smallest absolute Gasteiger partial charge is 0.128 e. The minimum Gasteiger partial charge on any atom is -0.493 e. The lowest BCUT2D eigenvalue weighted by atomic mass is 10.1. The molecule has 2 N–H and O–H groups in total. The van der Waals surface area contributed by atoms with Crippen LogP contribution in [-0.4, -0.2) is 11.6 Å². The lowest BCUT2D eigenvalue weighted by Crippen LogP contribution is -1.97. The van der Waals surface area contributed by atoms with Crippen molar-refractivity contribution in [2.24, 2.45) is 0 Å². The van der Waals surface area contributed by atoms with Gasteiger partial charge in [0.1, 0.15) is 5.75 Å². The lowest BCUT2D eigenvalue weighted by molar-refractivity contribution is 0.341. The predicted octanol–water partition coefficient (Wildman–Crippen LogP) is 3.04. The number of hydrogen-bond donors (Lipinski definition) is 1. The Hall–Kier alpha value is -2.03. The first-order valence-electron chi connectivity index (χ1n) is 5.66. The molecule has 0 spiro atoms. The van der Waals surface area contributed by atoms with Crippen LogP contribution in [0.5, 0.6) is 5.75 Å². The molecule has 0 saturated carbocycles. The zero-order valence-corrected chi connectivity index (χ0v) is 10.1. The molecule has 0 radical (unpaired) electrons. The first-order chi connectivity index (χ1) is 8.22. The van der Waals surface area contributed by atoms with Crippen molar-refractivity contribution in [3.8, 4) is 17.0 Å². The fourth-order valence-corrected chi connectivity index (χ4v) is 1.82. The van der Waals surface area contributed by atoms with Gasteiger partial charge in [0.15, 0.2) is 0 Å². The molecular formula is C14H16N2O. The third kappa shape index (κ3) is 2.38. The quantitative estimate of drug-likeness (QED) is 0.878. The minimum absolute atomic E-state index is 0.644. The average molecular weight is 228 g/mol. The van der Waals surface area contributed by atoms with Crippen LogP contribution in [0.3, 0.4) is 0 Å². The summed E-state index contributed by atoms with van der Waals surface area (Å²) in [7, 11) is 0. The number of rotatable bonds is 3. The molecule has 3 nitrogen and oxygen atoms in total. The number of aryl methyl sites for hydroxylation is 1. The van der Waals surface area contributed by atoms with Crippen LogP contribution in [0.1, 0.15) is 12.5 Å². The number of benzene rings is 1. The molecule has 0 amide bonds. The maximum Gasteiger partial charge on any atom is 0.128 e. The van der Waals surface area contributed by atoms with E-state index in [1.807, 2.05) is 44.2 Å². The highest BCUT2D eigenvalue weighted by Gasteiger charge is 2.09. The zero-order chi connectivity index (χ0) is 12.3. The summed E-state index contributed by atoms with van der Waals surface area (Å²) >= 11 is 0. The standard InChI is InChI=1S/C14H16N2O/c1-3-17-13-7-5-4-6-12(13)14-10(2)8-11(15)9-16-14/h4-9H,3,15H2,1-2H3. The van der Waals surface area contributed by atoms with Gasteiger partial charge in [-0.3, -0.25) is 4.98 Å². The Balaban J connectivity index is 2.52. The molecule has 0 unspecified atom stereocenters. The Morgan fingerprint density at radius 2 is 2.06 bits per heavy atom. The third-order valence-corrected chi connectivity index (χ3v) is 2.54. The number of pyridine rings is 1. The largest absolute Gasteiger partial charge is 0.493 e. The summed E-state index contributed by atoms with van der Waals surface area (Å²) in [6, 6.07) is 9.83. The second kappa shape index (κ2) is 4.87. The van der Waals surface area contributed by atoms with Crippen LogP contribution in [0.2, 0.25) is 0 Å². The maximum atomic E-state index is 5.71. The van der Waals surface area contributed by atoms with E-state index < -0.39 is 0 Å². The molecule has 0 saturated heterocycles. The molecule has 2 rings (SSSR count). The van der Waals surface area contributed by atoms with E-state index >= 15 is 0 Å². The van der Waals surface area contributed by atoms with E-state index in [0.717, 1.165) is 22.6 Å². The normalized spacial score (nSPS) is 10.2. The highest BCUT2D eigenvalue weighted by molar-refractivity contribution is 5.70. The molecule has 17 heavy (non-hydrogen) atoms. The summed E-state index contributed by atoms with van der Waals surface area (Å²) < 4.78 is 5.61. The van der Waals surface area contributed by atoms with Crippen molar-refractivity contribution in [2.75, 3.05) is 12.3 Å². The number of hydrogen-bond acceptors (Lipinski definition) is 3. The van der Waals surface area contributed by atoms with Crippen LogP contribution >= 0.6 is 0 Å². The Kier molecular flexibility index (Phi) is 3.28. The van der Waals surface area contributed by atoms with E-state index in [1.54, 1.807) is 6.20 Å². The van der Waals surface area contributed by atoms with E-state index in [4.69, 9.17) is 10.5 Å². The van der Waals surface area contributed by atoms with Crippen molar-refractivity contribution < 1.29 is 4.74 Å². The van der Waals surface area contributed by atoms with Gasteiger partial charge in [-0.1, -0.05) is 12.1 Å². The number of nitrogens with two attached hydrogens (primary N) is 1. The second-order valence-corrected chi connectivity index (χ2v) is 3.86. The molecule has 0 fully saturated rings. The summed E-state index contributed by atoms with van der Waals surface area (Å²) in [6.07, 6.45) is 1.67. The van der Waals surface area contributed by atoms with Gasteiger partial charge < -0.3 is 10.5 Å². The first kappa shape index (κ1) is 11.5. The summed E-state index contributed by atoms with van der Waals surface area (Å²) in [5, 5.41) is 0. The van der Waals surface area contributed by atoms with Crippen molar-refractivity contribution in [3.05, 3.63) is 42.1 Å². The summed E-state index contributed by atoms with van der Waals surface area (Å²) in [5.41, 5.74) is 9.37. The minimum atomic E-state index is 0.644. The molecular weight excluding hydrogens is 212 g/mol. The van der Waals surface area contributed by atoms with Crippen molar-refractivity contribution in [1.29, 1.82) is 0 Å². The predicted molar refractivity (Wildman–Crippen MR) is 70.0 cm³/mol. The Labute approximate surface area is 101 Å². The van der Waals surface area contributed by atoms with Gasteiger partial charge in [0.2, 0.25) is 0 Å². The Bertz CT molecular complexity index is 523. The van der Waals surface area contributed by atoms with E-state index in [9.17, 15) is 0 Å². The molecule has 0 atom stereocenters. The molecule has 88 valence electrons. The fraction of sp³-hybridized carbons (Fsp3) is 0.214. The van der Waals surface area contributed by atoms with E-state index in [0.29, 0.717) is 12.3 Å². The van der Waals surface area contributed by atoms with Gasteiger partial charge in [-0.15, -0.1) is 0 Å². The molecule has 3 heteroatoms. The van der Waals surface area contributed by atoms with Crippen LogP contribution in [0.25, 0.3) is 11.3 Å². The molecule has 1 aromatic carbocycles. The van der Waals surface area contributed by atoms with Crippen LogP contribution in [0, 0.1) is 6.92 Å². The van der Waals surface area contributed by atoms with Crippen molar-refractivity contribution >= 4 is 5.69 Å². The molecule has 1 heterocycles. The number of anilines is 1. The summed E-state index contributed by atoms with van der Waals surface area (Å²) in [5.74, 6) is 0.857. The highest BCUT2D eigenvalue weighted by atomic mass is 16.5. The number of para-hydroxylation sites is 1. The van der Waals surface area contributed by atoms with Gasteiger partial charge in [0.25, 0.3) is 0 Å². The average Bonchev–Trinajstić information content (AvgIpc) is 2.31. The van der Waals surface area contributed by atoms with Gasteiger partial charge in [-0.05, 0) is 37.6 Å². The molecule has 1 aromatic heterocycles. The van der Waals surface area contributed by atoms with Crippen molar-refractivity contribution in [1.82, 2.24) is 4.98 Å². The number of aromatic nitrogens is 1. The number of ether oxygens (including phenoxy) is 1. The van der Waals surface area contributed by atoms with Crippen molar-refractivity contribution in [2.45, 2.75) is 13.8 Å². The van der Waals surface area contributed by atoms with Crippen LogP contribution in [0.4, 0.5) is 5.69 Å². The topological polar surface area (TPSA) is 48.1 Å². The Morgan fingerprint density at radius 3 is 2.76 bits per heavy atom. The van der Waals surface area contributed by atoms with Crippen molar-refractivity contribution in [3.63, 3.8) is 0 Å². The lowest BCUT2D eigenvalue weighted by Gasteiger charge is -2.11. The Morgan fingerprint density at radius 1 is 1.29 bits per heavy atom. The third-order valence-electron chi connectivity index (χ3n) is 2.54. The highest BCUT2D eigenvalue weighted by Crippen LogP contribution is 2.30. The van der Waals surface area contributed by atoms with E-state index in [-0.39, 0.29) is 0 Å². The van der Waals surface area contributed by atoms with Gasteiger partial charge >= 0.3 is 0 Å². The van der Waals surface area contributed by atoms with Crippen LogP contribution in [0.15, 0.2) is 36.5 Å². The van der Waals surface area contributed by atoms with E-state index in [2.05, 4.69) is 4.98 Å². The van der Waals surface area contributed by atoms with Crippen LogP contribution < -0.4 is 10.5 Å². The molecule has 2 aromatic rings. The van der Waals surface area contributed by atoms with E-state index in [1.165, 1.54) is 0 Å². The number of nitrogen functional groups attached to an aromatic ring is 1. The molecule has 0 bridgehead atoms. The maximum absolute atomic E-state index is 5.71. The second-order valence-electron chi connectivity index (χ2n) is 3.86. The van der Waals surface area contributed by atoms with Gasteiger partial charge in [0, 0.05) is 5.56 Å². The molecule has 0 aliphatic carbocycles. The first-order valence-corrected chi connectivity index (χ1v) is 5.66. The van der Waals surface area contributed by atoms with Gasteiger partial charge in [0.05, 0.1) is 24.2 Å². The summed E-state index contributed by atoms with van der Waals surface area (Å²) in [4.78, 5) is 4.39. The van der Waals surface area contributed by atoms with Crippen LogP contribution in [-0.2, 0) is 0 Å². The van der Waals surface area contributed by atoms with Gasteiger partial charge in [-0.2, -0.15) is 0 Å². The summed E-state index contributed by atoms with van der Waals surface area (Å²) in [6.45, 7) is 4.62. The molecule has 0 aliphatic heterocycles. The van der Waals surface area contributed by atoms with Gasteiger partial charge in [-0.25, -0.2) is 0 Å². The fourth-order valence-electron chi connectivity index (χ4n) is 1.82. The molecule has 0 aliphatic rings.